The number of aryl methyl sites for hydroxylation is 1. The van der Waals surface area contributed by atoms with Crippen LogP contribution in [0.5, 0.6) is 0 Å². The number of benzene rings is 1. The van der Waals surface area contributed by atoms with Gasteiger partial charge >= 0.3 is 0 Å². The van der Waals surface area contributed by atoms with E-state index in [9.17, 15) is 13.2 Å². The summed E-state index contributed by atoms with van der Waals surface area (Å²) in [6, 6.07) is 8.12. The van der Waals surface area contributed by atoms with E-state index in [1.165, 1.54) is 23.5 Å². The molecule has 0 unspecified atom stereocenters. The second-order valence-corrected chi connectivity index (χ2v) is 8.21. The Hall–Kier alpha value is -1.80. The van der Waals surface area contributed by atoms with Gasteiger partial charge in [0.2, 0.25) is 11.0 Å². The first-order chi connectivity index (χ1) is 11.0. The summed E-state index contributed by atoms with van der Waals surface area (Å²) in [5.41, 5.74) is 0. The van der Waals surface area contributed by atoms with Crippen molar-refractivity contribution in [2.24, 2.45) is 0 Å². The molecular formula is C15H19N3O3S2. The predicted octanol–water partition coefficient (Wildman–Crippen LogP) is 2.68. The summed E-state index contributed by atoms with van der Waals surface area (Å²) in [6.45, 7) is 2.09. The Bertz CT molecular complexity index is 742. The molecule has 0 spiro atoms. The molecule has 124 valence electrons. The quantitative estimate of drug-likeness (QED) is 0.788. The first-order valence-electron chi connectivity index (χ1n) is 7.41. The average Bonchev–Trinajstić information content (AvgIpc) is 2.99. The Kier molecular flexibility index (Phi) is 6.23. The van der Waals surface area contributed by atoms with Gasteiger partial charge in [-0.25, -0.2) is 8.42 Å². The Labute approximate surface area is 139 Å². The van der Waals surface area contributed by atoms with Crippen LogP contribution in [0, 0.1) is 0 Å². The number of unbranched alkanes of at least 4 members (excludes halogenated alkanes) is 1. The molecule has 0 aliphatic heterocycles. The zero-order chi connectivity index (χ0) is 16.7. The van der Waals surface area contributed by atoms with E-state index < -0.39 is 9.84 Å². The van der Waals surface area contributed by atoms with Gasteiger partial charge in [-0.2, -0.15) is 0 Å². The van der Waals surface area contributed by atoms with Crippen LogP contribution in [0.25, 0.3) is 0 Å². The van der Waals surface area contributed by atoms with E-state index >= 15 is 0 Å². The predicted molar refractivity (Wildman–Crippen MR) is 90.3 cm³/mol. The number of amides is 1. The maximum Gasteiger partial charge on any atom is 0.227 e. The summed E-state index contributed by atoms with van der Waals surface area (Å²) in [4.78, 5) is 12.1. The van der Waals surface area contributed by atoms with Crippen molar-refractivity contribution in [3.8, 4) is 0 Å². The number of nitrogens with zero attached hydrogens (tertiary/aromatic N) is 2. The van der Waals surface area contributed by atoms with Crippen molar-refractivity contribution in [3.63, 3.8) is 0 Å². The number of carbonyl (C=O) groups excluding carboxylic acids is 1. The fraction of sp³-hybridized carbons (Fsp3) is 0.400. The van der Waals surface area contributed by atoms with Gasteiger partial charge in [0, 0.05) is 12.8 Å². The monoisotopic (exact) mass is 353 g/mol. The average molecular weight is 353 g/mol. The van der Waals surface area contributed by atoms with Crippen LogP contribution < -0.4 is 5.32 Å². The summed E-state index contributed by atoms with van der Waals surface area (Å²) in [6.07, 6.45) is 2.82. The molecule has 0 atom stereocenters. The third-order valence-corrected chi connectivity index (χ3v) is 5.79. The normalized spacial score (nSPS) is 11.3. The van der Waals surface area contributed by atoms with Crippen LogP contribution in [-0.4, -0.2) is 30.3 Å². The number of nitrogens with one attached hydrogen (secondary N) is 1. The van der Waals surface area contributed by atoms with Crippen LogP contribution in [0.15, 0.2) is 35.2 Å². The highest BCUT2D eigenvalue weighted by atomic mass is 32.2. The molecule has 8 heteroatoms. The van der Waals surface area contributed by atoms with Crippen LogP contribution >= 0.6 is 11.3 Å². The molecule has 0 aliphatic rings. The molecule has 1 heterocycles. The number of rotatable bonds is 8. The molecule has 1 aromatic heterocycles. The standard InChI is InChI=1S/C15H19N3O3S2/c1-2-3-9-14-17-18-15(22-14)16-13(19)10-11-23(20,21)12-7-5-4-6-8-12/h4-8H,2-3,9-11H2,1H3,(H,16,18,19). The molecule has 0 saturated heterocycles. The second-order valence-electron chi connectivity index (χ2n) is 5.03. The lowest BCUT2D eigenvalue weighted by atomic mass is 10.3. The zero-order valence-electron chi connectivity index (χ0n) is 12.9. The van der Waals surface area contributed by atoms with E-state index in [2.05, 4.69) is 22.4 Å². The number of hydrogen-bond donors (Lipinski definition) is 1. The van der Waals surface area contributed by atoms with Crippen molar-refractivity contribution in [2.75, 3.05) is 11.1 Å². The molecule has 1 amide bonds. The first kappa shape index (κ1) is 17.6. The molecule has 0 fully saturated rings. The van der Waals surface area contributed by atoms with Crippen LogP contribution in [0.1, 0.15) is 31.2 Å². The molecule has 6 nitrogen and oxygen atoms in total. The maximum absolute atomic E-state index is 12.1. The van der Waals surface area contributed by atoms with Gasteiger partial charge in [-0.1, -0.05) is 42.9 Å². The molecule has 1 aromatic carbocycles. The number of hydrogen-bond acceptors (Lipinski definition) is 6. The maximum atomic E-state index is 12.1. The van der Waals surface area contributed by atoms with Crippen molar-refractivity contribution in [1.82, 2.24) is 10.2 Å². The van der Waals surface area contributed by atoms with Crippen molar-refractivity contribution in [1.29, 1.82) is 0 Å². The second kappa shape index (κ2) is 8.16. The third kappa shape index (κ3) is 5.40. The molecule has 1 N–H and O–H groups in total. The van der Waals surface area contributed by atoms with Gasteiger partial charge in [-0.15, -0.1) is 10.2 Å². The highest BCUT2D eigenvalue weighted by Crippen LogP contribution is 2.18. The van der Waals surface area contributed by atoms with Crippen LogP contribution in [-0.2, 0) is 21.1 Å². The number of aromatic nitrogens is 2. The summed E-state index contributed by atoms with van der Waals surface area (Å²) in [5, 5.41) is 11.8. The largest absolute Gasteiger partial charge is 0.301 e. The van der Waals surface area contributed by atoms with E-state index in [-0.39, 0.29) is 23.0 Å². The van der Waals surface area contributed by atoms with E-state index in [1.807, 2.05) is 0 Å². The first-order valence-corrected chi connectivity index (χ1v) is 9.88. The molecule has 0 aliphatic carbocycles. The van der Waals surface area contributed by atoms with E-state index in [1.54, 1.807) is 18.2 Å². The SMILES string of the molecule is CCCCc1nnc(NC(=O)CCS(=O)(=O)c2ccccc2)s1. The van der Waals surface area contributed by atoms with Gasteiger partial charge in [0.05, 0.1) is 10.6 Å². The molecule has 0 bridgehead atoms. The van der Waals surface area contributed by atoms with Crippen LogP contribution in [0.2, 0.25) is 0 Å². The Morgan fingerprint density at radius 2 is 1.96 bits per heavy atom. The Morgan fingerprint density at radius 3 is 2.65 bits per heavy atom. The highest BCUT2D eigenvalue weighted by molar-refractivity contribution is 7.91. The van der Waals surface area contributed by atoms with E-state index in [0.29, 0.717) is 5.13 Å². The minimum absolute atomic E-state index is 0.110. The number of sulfone groups is 1. The van der Waals surface area contributed by atoms with Crippen molar-refractivity contribution in [3.05, 3.63) is 35.3 Å². The fourth-order valence-electron chi connectivity index (χ4n) is 1.89. The van der Waals surface area contributed by atoms with Gasteiger partial charge in [-0.3, -0.25) is 4.79 Å². The molecule has 0 radical (unpaired) electrons. The van der Waals surface area contributed by atoms with Crippen LogP contribution in [0.3, 0.4) is 0 Å². The number of carbonyl (C=O) groups is 1. The smallest absolute Gasteiger partial charge is 0.227 e. The Morgan fingerprint density at radius 1 is 1.22 bits per heavy atom. The molecule has 23 heavy (non-hydrogen) atoms. The number of anilines is 1. The van der Waals surface area contributed by atoms with Gasteiger partial charge in [-0.05, 0) is 18.6 Å². The molecule has 2 rings (SSSR count). The molecule has 2 aromatic rings. The molecular weight excluding hydrogens is 334 g/mol. The lowest BCUT2D eigenvalue weighted by Gasteiger charge is -2.04. The summed E-state index contributed by atoms with van der Waals surface area (Å²) in [7, 11) is -3.45. The van der Waals surface area contributed by atoms with Gasteiger partial charge in [0.25, 0.3) is 0 Å². The van der Waals surface area contributed by atoms with Gasteiger partial charge in [0.1, 0.15) is 5.01 Å². The third-order valence-electron chi connectivity index (χ3n) is 3.16. The van der Waals surface area contributed by atoms with Gasteiger partial charge < -0.3 is 5.32 Å². The summed E-state index contributed by atoms with van der Waals surface area (Å²) >= 11 is 1.33. The zero-order valence-corrected chi connectivity index (χ0v) is 14.5. The summed E-state index contributed by atoms with van der Waals surface area (Å²) in [5.74, 6) is -0.604. The topological polar surface area (TPSA) is 89.0 Å². The minimum atomic E-state index is -3.45. The highest BCUT2D eigenvalue weighted by Gasteiger charge is 2.17. The lowest BCUT2D eigenvalue weighted by molar-refractivity contribution is -0.115. The van der Waals surface area contributed by atoms with E-state index in [4.69, 9.17) is 0 Å². The van der Waals surface area contributed by atoms with Crippen molar-refractivity contribution < 1.29 is 13.2 Å². The lowest BCUT2D eigenvalue weighted by Crippen LogP contribution is -2.17. The fourth-order valence-corrected chi connectivity index (χ4v) is 3.95. The van der Waals surface area contributed by atoms with E-state index in [0.717, 1.165) is 24.3 Å². The van der Waals surface area contributed by atoms with Crippen molar-refractivity contribution >= 4 is 32.2 Å². The Balaban J connectivity index is 1.86. The van der Waals surface area contributed by atoms with Crippen LogP contribution in [0.4, 0.5) is 5.13 Å². The molecule has 0 saturated carbocycles. The summed E-state index contributed by atoms with van der Waals surface area (Å²) < 4.78 is 24.2. The van der Waals surface area contributed by atoms with Gasteiger partial charge in [0.15, 0.2) is 9.84 Å². The van der Waals surface area contributed by atoms with Crippen molar-refractivity contribution in [2.45, 2.75) is 37.5 Å². The minimum Gasteiger partial charge on any atom is -0.301 e.